The van der Waals surface area contributed by atoms with Crippen LogP contribution >= 0.6 is 0 Å². The van der Waals surface area contributed by atoms with Crippen LogP contribution in [0.25, 0.3) is 11.1 Å². The average molecular weight is 242 g/mol. The second-order valence-electron chi connectivity index (χ2n) is 4.36. The van der Waals surface area contributed by atoms with E-state index >= 15 is 0 Å². The number of aromatic hydroxyl groups is 2. The fourth-order valence-electron chi connectivity index (χ4n) is 2.25. The van der Waals surface area contributed by atoms with Crippen LogP contribution in [0.15, 0.2) is 36.4 Å². The second-order valence-corrected chi connectivity index (χ2v) is 4.36. The minimum Gasteiger partial charge on any atom is -0.508 e. The molecule has 0 amide bonds. The topological polar surface area (TPSA) is 40.5 Å². The molecule has 94 valence electrons. The van der Waals surface area contributed by atoms with Gasteiger partial charge in [0, 0.05) is 11.1 Å². The summed E-state index contributed by atoms with van der Waals surface area (Å²) in [5.74, 6) is 0.463. The highest BCUT2D eigenvalue weighted by Gasteiger charge is 2.13. The lowest BCUT2D eigenvalue weighted by Gasteiger charge is -2.13. The number of aryl methyl sites for hydroxylation is 1. The molecular formula is C16H18O2. The van der Waals surface area contributed by atoms with Gasteiger partial charge in [0.15, 0.2) is 0 Å². The maximum Gasteiger partial charge on any atom is 0.123 e. The van der Waals surface area contributed by atoms with Crippen LogP contribution in [0.2, 0.25) is 0 Å². The van der Waals surface area contributed by atoms with E-state index in [9.17, 15) is 10.2 Å². The summed E-state index contributed by atoms with van der Waals surface area (Å²) in [4.78, 5) is 0. The SMILES string of the molecule is CCc1cccc(-c2c(O)ccc(O)c2CC)c1. The van der Waals surface area contributed by atoms with Crippen molar-refractivity contribution < 1.29 is 10.2 Å². The van der Waals surface area contributed by atoms with Crippen LogP contribution in [0, 0.1) is 0 Å². The van der Waals surface area contributed by atoms with Gasteiger partial charge < -0.3 is 10.2 Å². The van der Waals surface area contributed by atoms with Gasteiger partial charge in [0.05, 0.1) is 0 Å². The zero-order valence-corrected chi connectivity index (χ0v) is 10.8. The molecule has 2 heteroatoms. The van der Waals surface area contributed by atoms with Gasteiger partial charge in [0.1, 0.15) is 11.5 Å². The van der Waals surface area contributed by atoms with Crippen LogP contribution in [-0.2, 0) is 12.8 Å². The molecule has 0 fully saturated rings. The first-order valence-corrected chi connectivity index (χ1v) is 6.30. The number of rotatable bonds is 3. The largest absolute Gasteiger partial charge is 0.508 e. The Hall–Kier alpha value is -1.96. The lowest BCUT2D eigenvalue weighted by molar-refractivity contribution is 0.456. The Kier molecular flexibility index (Phi) is 3.56. The van der Waals surface area contributed by atoms with E-state index in [2.05, 4.69) is 19.1 Å². The molecule has 0 bridgehead atoms. The molecule has 0 heterocycles. The molecule has 0 saturated heterocycles. The number of benzene rings is 2. The van der Waals surface area contributed by atoms with E-state index in [1.54, 1.807) is 12.1 Å². The third-order valence-electron chi connectivity index (χ3n) is 3.24. The average Bonchev–Trinajstić information content (AvgIpc) is 2.41. The molecule has 0 aromatic heterocycles. The van der Waals surface area contributed by atoms with Gasteiger partial charge in [-0.15, -0.1) is 0 Å². The molecule has 0 aliphatic heterocycles. The van der Waals surface area contributed by atoms with Crippen molar-refractivity contribution in [2.24, 2.45) is 0 Å². The van der Waals surface area contributed by atoms with Crippen molar-refractivity contribution in [3.05, 3.63) is 47.5 Å². The Labute approximate surface area is 108 Å². The van der Waals surface area contributed by atoms with Gasteiger partial charge >= 0.3 is 0 Å². The fraction of sp³-hybridized carbons (Fsp3) is 0.250. The summed E-state index contributed by atoms with van der Waals surface area (Å²) < 4.78 is 0. The molecule has 0 unspecified atom stereocenters. The Morgan fingerprint density at radius 2 is 1.61 bits per heavy atom. The molecule has 18 heavy (non-hydrogen) atoms. The third kappa shape index (κ3) is 2.19. The van der Waals surface area contributed by atoms with E-state index in [-0.39, 0.29) is 11.5 Å². The number of hydrogen-bond acceptors (Lipinski definition) is 2. The molecule has 2 aromatic rings. The highest BCUT2D eigenvalue weighted by atomic mass is 16.3. The van der Waals surface area contributed by atoms with Crippen molar-refractivity contribution in [3.63, 3.8) is 0 Å². The summed E-state index contributed by atoms with van der Waals surface area (Å²) >= 11 is 0. The molecule has 0 atom stereocenters. The first-order valence-electron chi connectivity index (χ1n) is 6.30. The van der Waals surface area contributed by atoms with Crippen LogP contribution in [0.1, 0.15) is 25.0 Å². The lowest BCUT2D eigenvalue weighted by Crippen LogP contribution is -1.91. The van der Waals surface area contributed by atoms with E-state index in [0.29, 0.717) is 6.42 Å². The third-order valence-corrected chi connectivity index (χ3v) is 3.24. The van der Waals surface area contributed by atoms with Crippen LogP contribution < -0.4 is 0 Å². The van der Waals surface area contributed by atoms with Crippen LogP contribution in [-0.4, -0.2) is 10.2 Å². The second kappa shape index (κ2) is 5.13. The Bertz CT molecular complexity index is 559. The predicted molar refractivity (Wildman–Crippen MR) is 74.0 cm³/mol. The fourth-order valence-corrected chi connectivity index (χ4v) is 2.25. The maximum absolute atomic E-state index is 10.1. The zero-order chi connectivity index (χ0) is 13.1. The van der Waals surface area contributed by atoms with Gasteiger partial charge in [0.25, 0.3) is 0 Å². The van der Waals surface area contributed by atoms with E-state index < -0.39 is 0 Å². The maximum atomic E-state index is 10.1. The molecule has 0 aliphatic carbocycles. The minimum atomic E-state index is 0.220. The number of phenols is 2. The van der Waals surface area contributed by atoms with Crippen molar-refractivity contribution in [3.8, 4) is 22.6 Å². The highest BCUT2D eigenvalue weighted by Crippen LogP contribution is 2.38. The molecule has 2 rings (SSSR count). The minimum absolute atomic E-state index is 0.220. The lowest BCUT2D eigenvalue weighted by atomic mass is 9.94. The first-order chi connectivity index (χ1) is 8.67. The molecule has 0 aliphatic rings. The van der Waals surface area contributed by atoms with Gasteiger partial charge in [-0.2, -0.15) is 0 Å². The zero-order valence-electron chi connectivity index (χ0n) is 10.8. The molecular weight excluding hydrogens is 224 g/mol. The monoisotopic (exact) mass is 242 g/mol. The van der Waals surface area contributed by atoms with E-state index in [0.717, 1.165) is 23.1 Å². The molecule has 0 radical (unpaired) electrons. The number of phenolic OH excluding ortho intramolecular Hbond substituents is 2. The summed E-state index contributed by atoms with van der Waals surface area (Å²) in [7, 11) is 0. The van der Waals surface area contributed by atoms with Gasteiger partial charge in [-0.25, -0.2) is 0 Å². The van der Waals surface area contributed by atoms with Crippen LogP contribution in [0.3, 0.4) is 0 Å². The quantitative estimate of drug-likeness (QED) is 0.802. The van der Waals surface area contributed by atoms with Gasteiger partial charge in [0.2, 0.25) is 0 Å². The van der Waals surface area contributed by atoms with Crippen molar-refractivity contribution >= 4 is 0 Å². The first kappa shape index (κ1) is 12.5. The van der Waals surface area contributed by atoms with Crippen molar-refractivity contribution in [1.29, 1.82) is 0 Å². The highest BCUT2D eigenvalue weighted by molar-refractivity contribution is 5.76. The van der Waals surface area contributed by atoms with Crippen molar-refractivity contribution in [2.45, 2.75) is 26.7 Å². The summed E-state index contributed by atoms with van der Waals surface area (Å²) in [6.07, 6.45) is 1.64. The Morgan fingerprint density at radius 1 is 0.889 bits per heavy atom. The van der Waals surface area contributed by atoms with Crippen LogP contribution in [0.5, 0.6) is 11.5 Å². The Balaban J connectivity index is 2.65. The number of hydrogen-bond donors (Lipinski definition) is 2. The Morgan fingerprint density at radius 3 is 2.28 bits per heavy atom. The standard InChI is InChI=1S/C16H18O2/c1-3-11-6-5-7-12(10-11)16-13(4-2)14(17)8-9-15(16)18/h5-10,17-18H,3-4H2,1-2H3. The normalized spacial score (nSPS) is 10.6. The van der Waals surface area contributed by atoms with Gasteiger partial charge in [-0.05, 0) is 36.1 Å². The van der Waals surface area contributed by atoms with Crippen LogP contribution in [0.4, 0.5) is 0 Å². The molecule has 2 N–H and O–H groups in total. The molecule has 0 saturated carbocycles. The van der Waals surface area contributed by atoms with Crippen molar-refractivity contribution in [1.82, 2.24) is 0 Å². The van der Waals surface area contributed by atoms with Gasteiger partial charge in [-0.3, -0.25) is 0 Å². The van der Waals surface area contributed by atoms with E-state index in [4.69, 9.17) is 0 Å². The van der Waals surface area contributed by atoms with Crippen molar-refractivity contribution in [2.75, 3.05) is 0 Å². The summed E-state index contributed by atoms with van der Waals surface area (Å²) in [6, 6.07) is 11.2. The van der Waals surface area contributed by atoms with Gasteiger partial charge in [-0.1, -0.05) is 38.1 Å². The smallest absolute Gasteiger partial charge is 0.123 e. The summed E-state index contributed by atoms with van der Waals surface area (Å²) in [6.45, 7) is 4.07. The summed E-state index contributed by atoms with van der Waals surface area (Å²) in [5.41, 5.74) is 3.72. The molecule has 2 nitrogen and oxygen atoms in total. The summed E-state index contributed by atoms with van der Waals surface area (Å²) in [5, 5.41) is 19.9. The van der Waals surface area contributed by atoms with E-state index in [1.807, 2.05) is 19.1 Å². The predicted octanol–water partition coefficient (Wildman–Crippen LogP) is 3.89. The molecule has 0 spiro atoms. The van der Waals surface area contributed by atoms with E-state index in [1.165, 1.54) is 5.56 Å². The molecule has 2 aromatic carbocycles.